The number of amides is 2. The van der Waals surface area contributed by atoms with Crippen LogP contribution < -0.4 is 0 Å². The Kier molecular flexibility index (Phi) is 12.3. The van der Waals surface area contributed by atoms with Crippen LogP contribution in [0.25, 0.3) is 0 Å². The monoisotopic (exact) mass is 418 g/mol. The van der Waals surface area contributed by atoms with Crippen molar-refractivity contribution in [1.82, 2.24) is 19.6 Å². The molecule has 170 valence electrons. The van der Waals surface area contributed by atoms with Gasteiger partial charge in [0.25, 0.3) is 11.8 Å². The summed E-state index contributed by atoms with van der Waals surface area (Å²) in [5, 5.41) is 0. The average molecular weight is 419 g/mol. The van der Waals surface area contributed by atoms with E-state index in [9.17, 15) is 9.59 Å². The maximum atomic E-state index is 13.0. The van der Waals surface area contributed by atoms with E-state index in [4.69, 9.17) is 0 Å². The van der Waals surface area contributed by atoms with Gasteiger partial charge in [-0.25, -0.2) is 0 Å². The number of benzene rings is 1. The molecule has 0 aliphatic heterocycles. The Balaban J connectivity index is 2.85. The quantitative estimate of drug-likeness (QED) is 0.465. The molecule has 0 spiro atoms. The number of hydrogen-bond donors (Lipinski definition) is 0. The molecule has 2 amide bonds. The van der Waals surface area contributed by atoms with Crippen LogP contribution in [0.4, 0.5) is 0 Å². The minimum atomic E-state index is 0.0373. The van der Waals surface area contributed by atoms with Crippen LogP contribution in [0.15, 0.2) is 24.3 Å². The van der Waals surface area contributed by atoms with Gasteiger partial charge in [-0.05, 0) is 64.3 Å². The van der Waals surface area contributed by atoms with Crippen LogP contribution in [0.3, 0.4) is 0 Å². The predicted molar refractivity (Wildman–Crippen MR) is 125 cm³/mol. The van der Waals surface area contributed by atoms with Crippen LogP contribution in [-0.4, -0.2) is 97.9 Å². The van der Waals surface area contributed by atoms with E-state index in [0.717, 1.165) is 52.1 Å². The highest BCUT2D eigenvalue weighted by Crippen LogP contribution is 2.11. The largest absolute Gasteiger partial charge is 0.337 e. The Morgan fingerprint density at radius 3 is 1.20 bits per heavy atom. The maximum Gasteiger partial charge on any atom is 0.253 e. The van der Waals surface area contributed by atoms with Gasteiger partial charge in [0.1, 0.15) is 0 Å². The summed E-state index contributed by atoms with van der Waals surface area (Å²) in [4.78, 5) is 34.2. The van der Waals surface area contributed by atoms with E-state index in [1.807, 2.05) is 9.80 Å². The molecule has 0 atom stereocenters. The molecule has 0 saturated heterocycles. The second kappa shape index (κ2) is 14.1. The summed E-state index contributed by atoms with van der Waals surface area (Å²) in [5.41, 5.74) is 1.29. The molecule has 0 aromatic heterocycles. The molecule has 0 N–H and O–H groups in total. The lowest BCUT2D eigenvalue weighted by atomic mass is 10.1. The van der Waals surface area contributed by atoms with Crippen molar-refractivity contribution < 1.29 is 9.59 Å². The zero-order chi connectivity index (χ0) is 22.5. The summed E-state index contributed by atoms with van der Waals surface area (Å²) in [6.07, 6.45) is 1.85. The Labute approximate surface area is 183 Å². The molecule has 0 radical (unpaired) electrons. The zero-order valence-corrected chi connectivity index (χ0v) is 20.0. The van der Waals surface area contributed by atoms with Gasteiger partial charge in [-0.3, -0.25) is 9.59 Å². The van der Waals surface area contributed by atoms with Crippen LogP contribution in [0, 0.1) is 0 Å². The van der Waals surface area contributed by atoms with Crippen molar-refractivity contribution in [3.63, 3.8) is 0 Å². The number of carbonyl (C=O) groups is 2. The number of rotatable bonds is 14. The van der Waals surface area contributed by atoms with Gasteiger partial charge in [-0.15, -0.1) is 0 Å². The first-order valence-electron chi connectivity index (χ1n) is 11.4. The second-order valence-electron chi connectivity index (χ2n) is 7.95. The van der Waals surface area contributed by atoms with Crippen molar-refractivity contribution in [2.24, 2.45) is 0 Å². The van der Waals surface area contributed by atoms with Gasteiger partial charge in [-0.1, -0.05) is 27.7 Å². The van der Waals surface area contributed by atoms with Crippen molar-refractivity contribution in [3.8, 4) is 0 Å². The molecular weight excluding hydrogens is 376 g/mol. The van der Waals surface area contributed by atoms with Crippen LogP contribution in [-0.2, 0) is 0 Å². The molecule has 0 aliphatic rings. The molecule has 0 unspecified atom stereocenters. The molecule has 0 bridgehead atoms. The molecule has 6 nitrogen and oxygen atoms in total. The lowest BCUT2D eigenvalue weighted by Gasteiger charge is -2.26. The highest BCUT2D eigenvalue weighted by molar-refractivity contribution is 5.97. The molecule has 1 rings (SSSR count). The van der Waals surface area contributed by atoms with Crippen molar-refractivity contribution in [1.29, 1.82) is 0 Å². The maximum absolute atomic E-state index is 13.0. The van der Waals surface area contributed by atoms with Crippen LogP contribution in [0.1, 0.15) is 61.3 Å². The molecule has 30 heavy (non-hydrogen) atoms. The van der Waals surface area contributed by atoms with Gasteiger partial charge in [-0.2, -0.15) is 0 Å². The third-order valence-electron chi connectivity index (χ3n) is 5.52. The molecule has 1 aromatic carbocycles. The van der Waals surface area contributed by atoms with Crippen molar-refractivity contribution in [2.75, 3.05) is 66.5 Å². The molecule has 0 fully saturated rings. The van der Waals surface area contributed by atoms with Crippen molar-refractivity contribution >= 4 is 11.8 Å². The first-order valence-corrected chi connectivity index (χ1v) is 11.4. The third-order valence-corrected chi connectivity index (χ3v) is 5.52. The summed E-state index contributed by atoms with van der Waals surface area (Å²) in [5.74, 6) is 0.0747. The van der Waals surface area contributed by atoms with Gasteiger partial charge in [0, 0.05) is 50.4 Å². The first kappa shape index (κ1) is 26.1. The van der Waals surface area contributed by atoms with E-state index in [2.05, 4.69) is 51.6 Å². The van der Waals surface area contributed by atoms with E-state index in [-0.39, 0.29) is 11.8 Å². The molecule has 0 aliphatic carbocycles. The summed E-state index contributed by atoms with van der Waals surface area (Å²) in [7, 11) is 4.13. The lowest BCUT2D eigenvalue weighted by molar-refractivity contribution is 0.0730. The second-order valence-corrected chi connectivity index (χ2v) is 7.95. The SMILES string of the molecule is CCCN(CCN(C)CC)C(=O)c1ccc(C(=O)N(CCC)CCN(C)CC)cc1. The normalized spacial score (nSPS) is 11.2. The van der Waals surface area contributed by atoms with Gasteiger partial charge in [0.15, 0.2) is 0 Å². The van der Waals surface area contributed by atoms with Gasteiger partial charge >= 0.3 is 0 Å². The van der Waals surface area contributed by atoms with Crippen LogP contribution >= 0.6 is 0 Å². The standard InChI is InChI=1S/C24H42N4O2/c1-7-15-27(19-17-25(5)9-3)23(29)21-11-13-22(14-12-21)24(30)28(16-8-2)20-18-26(6)10-4/h11-14H,7-10,15-20H2,1-6H3. The molecule has 6 heteroatoms. The molecular formula is C24H42N4O2. The predicted octanol–water partition coefficient (Wildman–Crippen LogP) is 3.29. The Morgan fingerprint density at radius 1 is 0.600 bits per heavy atom. The van der Waals surface area contributed by atoms with E-state index in [1.54, 1.807) is 24.3 Å². The van der Waals surface area contributed by atoms with E-state index < -0.39 is 0 Å². The van der Waals surface area contributed by atoms with E-state index in [1.165, 1.54) is 0 Å². The highest BCUT2D eigenvalue weighted by Gasteiger charge is 2.18. The van der Waals surface area contributed by atoms with Crippen LogP contribution in [0.2, 0.25) is 0 Å². The fourth-order valence-corrected chi connectivity index (χ4v) is 3.19. The fourth-order valence-electron chi connectivity index (χ4n) is 3.19. The molecule has 0 heterocycles. The molecule has 0 saturated carbocycles. The first-order chi connectivity index (χ1) is 14.4. The lowest BCUT2D eigenvalue weighted by Crippen LogP contribution is -2.38. The number of hydrogen-bond acceptors (Lipinski definition) is 4. The fraction of sp³-hybridized carbons (Fsp3) is 0.667. The van der Waals surface area contributed by atoms with E-state index >= 15 is 0 Å². The minimum absolute atomic E-state index is 0.0373. The van der Waals surface area contributed by atoms with Gasteiger partial charge in [0.05, 0.1) is 0 Å². The van der Waals surface area contributed by atoms with Gasteiger partial charge in [0.2, 0.25) is 0 Å². The van der Waals surface area contributed by atoms with Crippen LogP contribution in [0.5, 0.6) is 0 Å². The Hall–Kier alpha value is -1.92. The zero-order valence-electron chi connectivity index (χ0n) is 20.0. The van der Waals surface area contributed by atoms with E-state index in [0.29, 0.717) is 24.2 Å². The third kappa shape index (κ3) is 8.44. The van der Waals surface area contributed by atoms with Crippen molar-refractivity contribution in [2.45, 2.75) is 40.5 Å². The Bertz CT molecular complexity index is 578. The number of nitrogens with zero attached hydrogens (tertiary/aromatic N) is 4. The summed E-state index contributed by atoms with van der Waals surface area (Å²) in [6, 6.07) is 7.18. The summed E-state index contributed by atoms with van der Waals surface area (Å²) < 4.78 is 0. The number of carbonyl (C=O) groups excluding carboxylic acids is 2. The average Bonchev–Trinajstić information content (AvgIpc) is 2.77. The minimum Gasteiger partial charge on any atom is -0.337 e. The summed E-state index contributed by atoms with van der Waals surface area (Å²) in [6.45, 7) is 15.0. The van der Waals surface area contributed by atoms with Gasteiger partial charge < -0.3 is 19.6 Å². The molecule has 1 aromatic rings. The van der Waals surface area contributed by atoms with Crippen molar-refractivity contribution in [3.05, 3.63) is 35.4 Å². The summed E-state index contributed by atoms with van der Waals surface area (Å²) >= 11 is 0. The topological polar surface area (TPSA) is 47.1 Å². The highest BCUT2D eigenvalue weighted by atomic mass is 16.2. The smallest absolute Gasteiger partial charge is 0.253 e. The number of likely N-dealkylation sites (N-methyl/N-ethyl adjacent to an activating group) is 2. The Morgan fingerprint density at radius 2 is 0.933 bits per heavy atom.